The zero-order valence-electron chi connectivity index (χ0n) is 8.61. The van der Waals surface area contributed by atoms with Crippen molar-refractivity contribution in [1.82, 2.24) is 14.8 Å². The van der Waals surface area contributed by atoms with Crippen molar-refractivity contribution in [3.05, 3.63) is 39.7 Å². The van der Waals surface area contributed by atoms with Gasteiger partial charge in [-0.2, -0.15) is 5.10 Å². The van der Waals surface area contributed by atoms with Crippen LogP contribution in [0, 0.1) is 9.39 Å². The Morgan fingerprint density at radius 2 is 2.31 bits per heavy atom. The number of benzene rings is 1. The molecule has 16 heavy (non-hydrogen) atoms. The van der Waals surface area contributed by atoms with Crippen LogP contribution in [0.5, 0.6) is 0 Å². The number of nitrogens with zero attached hydrogens (tertiary/aromatic N) is 3. The number of rotatable bonds is 3. The Labute approximate surface area is 106 Å². The third kappa shape index (κ3) is 2.49. The maximum atomic E-state index is 12.9. The maximum absolute atomic E-state index is 12.9. The largest absolute Gasteiger partial charge is 0.377 e. The molecular weight excluding hydrogens is 322 g/mol. The number of anilines is 1. The normalized spacial score (nSPS) is 10.4. The van der Waals surface area contributed by atoms with Crippen LogP contribution in [0.4, 0.5) is 10.1 Å². The fourth-order valence-electron chi connectivity index (χ4n) is 1.29. The molecule has 0 radical (unpaired) electrons. The van der Waals surface area contributed by atoms with Crippen LogP contribution >= 0.6 is 22.6 Å². The van der Waals surface area contributed by atoms with Crippen molar-refractivity contribution < 1.29 is 4.39 Å². The Bertz CT molecular complexity index is 497. The summed E-state index contributed by atoms with van der Waals surface area (Å²) in [5.74, 6) is 0.605. The summed E-state index contributed by atoms with van der Waals surface area (Å²) in [5.41, 5.74) is 0.894. The van der Waals surface area contributed by atoms with E-state index in [0.29, 0.717) is 6.54 Å². The molecular formula is C10H10FIN4. The number of aryl methyl sites for hydroxylation is 1. The summed E-state index contributed by atoms with van der Waals surface area (Å²) in [6.45, 7) is 0.568. The fourth-order valence-corrected chi connectivity index (χ4v) is 1.96. The van der Waals surface area contributed by atoms with Crippen LogP contribution in [0.25, 0.3) is 0 Å². The highest BCUT2D eigenvalue weighted by atomic mass is 127. The molecule has 2 aromatic rings. The highest BCUT2D eigenvalue weighted by Crippen LogP contribution is 2.19. The summed E-state index contributed by atoms with van der Waals surface area (Å²) in [6.07, 6.45) is 1.51. The standard InChI is InChI=1S/C10H10FIN4/c1-16-10(14-6-15-16)5-13-9-3-2-7(11)4-8(9)12/h2-4,6,13H,5H2,1H3. The summed E-state index contributed by atoms with van der Waals surface area (Å²) in [7, 11) is 1.83. The molecule has 0 atom stereocenters. The molecule has 0 unspecified atom stereocenters. The zero-order valence-corrected chi connectivity index (χ0v) is 10.8. The summed E-state index contributed by atoms with van der Waals surface area (Å²) in [5, 5.41) is 7.16. The molecule has 0 aliphatic carbocycles. The molecule has 0 saturated heterocycles. The first-order valence-corrected chi connectivity index (χ1v) is 5.76. The average molecular weight is 332 g/mol. The van der Waals surface area contributed by atoms with Crippen molar-refractivity contribution in [1.29, 1.82) is 0 Å². The lowest BCUT2D eigenvalue weighted by atomic mass is 10.3. The molecule has 0 bridgehead atoms. The van der Waals surface area contributed by atoms with Crippen LogP contribution in [-0.2, 0) is 13.6 Å². The average Bonchev–Trinajstić information content (AvgIpc) is 2.63. The highest BCUT2D eigenvalue weighted by Gasteiger charge is 2.03. The fraction of sp³-hybridized carbons (Fsp3) is 0.200. The summed E-state index contributed by atoms with van der Waals surface area (Å²) < 4.78 is 15.4. The predicted octanol–water partition coefficient (Wildman–Crippen LogP) is 2.17. The topological polar surface area (TPSA) is 42.7 Å². The van der Waals surface area contributed by atoms with E-state index in [1.807, 2.05) is 7.05 Å². The molecule has 0 amide bonds. The molecule has 0 aliphatic heterocycles. The molecule has 0 spiro atoms. The van der Waals surface area contributed by atoms with E-state index in [0.717, 1.165) is 15.1 Å². The van der Waals surface area contributed by atoms with Gasteiger partial charge in [0, 0.05) is 16.3 Å². The van der Waals surface area contributed by atoms with Gasteiger partial charge in [-0.05, 0) is 40.8 Å². The van der Waals surface area contributed by atoms with Gasteiger partial charge in [0.05, 0.1) is 6.54 Å². The first-order valence-electron chi connectivity index (χ1n) is 4.68. The monoisotopic (exact) mass is 332 g/mol. The van der Waals surface area contributed by atoms with Crippen LogP contribution in [0.3, 0.4) is 0 Å². The van der Waals surface area contributed by atoms with Crippen molar-refractivity contribution in [3.63, 3.8) is 0 Å². The Hall–Kier alpha value is -1.18. The van der Waals surface area contributed by atoms with Crippen molar-refractivity contribution in [2.75, 3.05) is 5.32 Å². The van der Waals surface area contributed by atoms with E-state index in [2.05, 4.69) is 38.0 Å². The quantitative estimate of drug-likeness (QED) is 0.876. The number of nitrogens with one attached hydrogen (secondary N) is 1. The first kappa shape index (κ1) is 11.3. The molecule has 0 fully saturated rings. The minimum atomic E-state index is -0.228. The third-order valence-corrected chi connectivity index (χ3v) is 3.07. The van der Waals surface area contributed by atoms with Gasteiger partial charge in [0.15, 0.2) is 0 Å². The Balaban J connectivity index is 2.08. The SMILES string of the molecule is Cn1ncnc1CNc1ccc(F)cc1I. The van der Waals surface area contributed by atoms with Gasteiger partial charge in [0.2, 0.25) is 0 Å². The third-order valence-electron chi connectivity index (χ3n) is 2.17. The zero-order chi connectivity index (χ0) is 11.5. The van der Waals surface area contributed by atoms with Crippen LogP contribution < -0.4 is 5.32 Å². The van der Waals surface area contributed by atoms with Gasteiger partial charge in [-0.3, -0.25) is 4.68 Å². The Morgan fingerprint density at radius 3 is 2.94 bits per heavy atom. The number of halogens is 2. The maximum Gasteiger partial charge on any atom is 0.145 e. The van der Waals surface area contributed by atoms with Crippen molar-refractivity contribution >= 4 is 28.3 Å². The lowest BCUT2D eigenvalue weighted by Gasteiger charge is -2.07. The summed E-state index contributed by atoms with van der Waals surface area (Å²) >= 11 is 2.09. The minimum absolute atomic E-state index is 0.228. The Kier molecular flexibility index (Phi) is 3.37. The second-order valence-corrected chi connectivity index (χ2v) is 4.44. The number of hydrogen-bond acceptors (Lipinski definition) is 3. The lowest BCUT2D eigenvalue weighted by molar-refractivity contribution is 0.627. The molecule has 0 saturated carbocycles. The van der Waals surface area contributed by atoms with E-state index in [1.165, 1.54) is 18.5 Å². The first-order chi connectivity index (χ1) is 7.66. The molecule has 1 N–H and O–H groups in total. The van der Waals surface area contributed by atoms with Crippen LogP contribution in [0.15, 0.2) is 24.5 Å². The molecule has 1 aromatic heterocycles. The van der Waals surface area contributed by atoms with Crippen molar-refractivity contribution in [2.24, 2.45) is 7.05 Å². The summed E-state index contributed by atoms with van der Waals surface area (Å²) in [6, 6.07) is 4.63. The van der Waals surface area contributed by atoms with E-state index < -0.39 is 0 Å². The van der Waals surface area contributed by atoms with Crippen LogP contribution in [-0.4, -0.2) is 14.8 Å². The van der Waals surface area contributed by atoms with Gasteiger partial charge in [0.25, 0.3) is 0 Å². The van der Waals surface area contributed by atoms with Gasteiger partial charge in [-0.1, -0.05) is 0 Å². The smallest absolute Gasteiger partial charge is 0.145 e. The van der Waals surface area contributed by atoms with Crippen molar-refractivity contribution in [2.45, 2.75) is 6.54 Å². The van der Waals surface area contributed by atoms with E-state index in [1.54, 1.807) is 10.7 Å². The molecule has 84 valence electrons. The molecule has 1 heterocycles. The second kappa shape index (κ2) is 4.77. The molecule has 6 heteroatoms. The molecule has 4 nitrogen and oxygen atoms in total. The van der Waals surface area contributed by atoms with Gasteiger partial charge in [0.1, 0.15) is 18.0 Å². The van der Waals surface area contributed by atoms with Gasteiger partial charge < -0.3 is 5.32 Å². The highest BCUT2D eigenvalue weighted by molar-refractivity contribution is 14.1. The molecule has 2 rings (SSSR count). The van der Waals surface area contributed by atoms with E-state index in [9.17, 15) is 4.39 Å². The van der Waals surface area contributed by atoms with Crippen molar-refractivity contribution in [3.8, 4) is 0 Å². The minimum Gasteiger partial charge on any atom is -0.377 e. The number of aromatic nitrogens is 3. The second-order valence-electron chi connectivity index (χ2n) is 3.28. The van der Waals surface area contributed by atoms with E-state index in [-0.39, 0.29) is 5.82 Å². The van der Waals surface area contributed by atoms with E-state index in [4.69, 9.17) is 0 Å². The van der Waals surface area contributed by atoms with Crippen LogP contribution in [0.2, 0.25) is 0 Å². The van der Waals surface area contributed by atoms with Gasteiger partial charge >= 0.3 is 0 Å². The summed E-state index contributed by atoms with van der Waals surface area (Å²) in [4.78, 5) is 4.09. The molecule has 0 aliphatic rings. The van der Waals surface area contributed by atoms with Crippen LogP contribution in [0.1, 0.15) is 5.82 Å². The Morgan fingerprint density at radius 1 is 1.50 bits per heavy atom. The molecule has 1 aromatic carbocycles. The van der Waals surface area contributed by atoms with Gasteiger partial charge in [-0.15, -0.1) is 0 Å². The number of hydrogen-bond donors (Lipinski definition) is 1. The lowest BCUT2D eigenvalue weighted by Crippen LogP contribution is -2.07. The van der Waals surface area contributed by atoms with Gasteiger partial charge in [-0.25, -0.2) is 9.37 Å². The predicted molar refractivity (Wildman–Crippen MR) is 67.4 cm³/mol. The van der Waals surface area contributed by atoms with E-state index >= 15 is 0 Å².